The Morgan fingerprint density at radius 3 is 0.951 bits per heavy atom. The largest absolute Gasteiger partial charge is 0.352 e. The van der Waals surface area contributed by atoms with E-state index in [9.17, 15) is 19.2 Å². The van der Waals surface area contributed by atoms with Crippen LogP contribution in [0.3, 0.4) is 0 Å². The van der Waals surface area contributed by atoms with Gasteiger partial charge in [0, 0.05) is 67.3 Å². The summed E-state index contributed by atoms with van der Waals surface area (Å²) < 4.78 is 73.1. The van der Waals surface area contributed by atoms with Gasteiger partial charge in [0.25, 0.3) is 23.6 Å². The number of unbranched alkanes of at least 4 members (excludes halogenated alkanes) is 2. The third kappa shape index (κ3) is 22.7. The Kier molecular flexibility index (Phi) is 30.2. The first-order chi connectivity index (χ1) is 58.9. The summed E-state index contributed by atoms with van der Waals surface area (Å²) in [5, 5.41) is 12.4. The number of rotatable bonds is 34. The van der Waals surface area contributed by atoms with Crippen LogP contribution in [0.15, 0.2) is 166 Å². The van der Waals surface area contributed by atoms with Crippen LogP contribution < -0.4 is 43.2 Å². The van der Waals surface area contributed by atoms with E-state index in [1.54, 1.807) is 60.9 Å². The normalized spacial score (nSPS) is 13.5. The number of anilines is 8. The molecule has 16 rings (SSSR count). The highest BCUT2D eigenvalue weighted by Gasteiger charge is 2.31. The van der Waals surface area contributed by atoms with Crippen LogP contribution in [-0.4, -0.2) is 88.3 Å². The quantitative estimate of drug-likeness (QED) is 0.00806. The van der Waals surface area contributed by atoms with Crippen molar-refractivity contribution in [3.63, 3.8) is 0 Å². The molecule has 0 aliphatic heterocycles. The van der Waals surface area contributed by atoms with Crippen LogP contribution in [0.4, 0.5) is 63.1 Å². The van der Waals surface area contributed by atoms with Crippen LogP contribution in [0.2, 0.25) is 0 Å². The number of nitrogens with zero attached hydrogens (tertiary/aromatic N) is 8. The monoisotopic (exact) mass is 1920 g/mol. The minimum absolute atomic E-state index is 0.0689. The molecule has 12 aromatic rings. The fourth-order valence-electron chi connectivity index (χ4n) is 13.3. The predicted molar refractivity (Wildman–Crippen MR) is 482 cm³/mol. The van der Waals surface area contributed by atoms with Gasteiger partial charge in [-0.25, -0.2) is 59.4 Å². The first kappa shape index (κ1) is 89.4. The number of allylic oxidation sites excluding steroid dienone is 2. The number of halogens is 8. The molecule has 122 heavy (non-hydrogen) atoms. The van der Waals surface area contributed by atoms with Gasteiger partial charge < -0.3 is 39.5 Å². The molecule has 0 unspecified atom stereocenters. The molecule has 640 valence electrons. The zero-order valence-electron chi connectivity index (χ0n) is 68.4. The number of benzene rings is 8. The number of fused-ring (bicyclic) bond motifs is 4. The summed E-state index contributed by atoms with van der Waals surface area (Å²) in [6, 6.07) is 29.1. The Labute approximate surface area is 737 Å². The van der Waals surface area contributed by atoms with Gasteiger partial charge in [-0.1, -0.05) is 89.2 Å². The zero-order valence-corrected chi connectivity index (χ0v) is 74.8. The van der Waals surface area contributed by atoms with E-state index in [4.69, 9.17) is 19.4 Å². The topological polar surface area (TPSA) is 273 Å². The van der Waals surface area contributed by atoms with Crippen molar-refractivity contribution in [2.24, 2.45) is 30.7 Å². The molecule has 0 saturated heterocycles. The Bertz CT molecular complexity index is 5880. The third-order valence-electron chi connectivity index (χ3n) is 21.2. The first-order valence-electron chi connectivity index (χ1n) is 40.6. The SMILES string of the molecule is C=CCCCn1cnc2c(F)c(Nc3ccc(Br)cc3C)c(C(=O)NOCC3CC3)cc21.C=CCCn1cnc2c(F)c(Nc3ccc(Br)cc3C)c(C(=O)NOCC3CC3)cc21.CCCCn1cnc2c(F)c(Nc3ccc(Br)cc3C)c(C(=O)NOCC3CC3)cc21.Cc1cc(Br)ccc1Nc1c(C(=O)NOCC2CC2)cc2c(ncn2C)c1F. The lowest BCUT2D eigenvalue weighted by atomic mass is 10.1. The highest BCUT2D eigenvalue weighted by atomic mass is 79.9. The number of hydrogen-bond donors (Lipinski definition) is 8. The van der Waals surface area contributed by atoms with Crippen LogP contribution in [0, 0.1) is 74.6 Å². The molecule has 4 aliphatic carbocycles. The number of amides is 4. The molecule has 32 heteroatoms. The van der Waals surface area contributed by atoms with Crippen LogP contribution >= 0.6 is 63.7 Å². The second-order valence-corrected chi connectivity index (χ2v) is 34.7. The molecule has 0 atom stereocenters. The van der Waals surface area contributed by atoms with Gasteiger partial charge in [0.05, 0.1) is 119 Å². The van der Waals surface area contributed by atoms with Crippen molar-refractivity contribution in [2.45, 2.75) is 138 Å². The lowest BCUT2D eigenvalue weighted by Crippen LogP contribution is -2.26. The van der Waals surface area contributed by atoms with Crippen molar-refractivity contribution in [1.29, 1.82) is 0 Å². The fraction of sp³-hybridized carbons (Fsp3) is 0.333. The number of aromatic nitrogens is 8. The minimum atomic E-state index is -0.579. The summed E-state index contributed by atoms with van der Waals surface area (Å²) in [5.74, 6) is -2.29. The maximum Gasteiger partial charge on any atom is 0.277 e. The summed E-state index contributed by atoms with van der Waals surface area (Å²) in [5.41, 5.74) is 20.4. The number of carbonyl (C=O) groups excluding carboxylic acids is 4. The predicted octanol–water partition coefficient (Wildman–Crippen LogP) is 22.1. The average Bonchev–Trinajstić information content (AvgIpc) is 1.67. The smallest absolute Gasteiger partial charge is 0.277 e. The Hall–Kier alpha value is -10.3. The molecule has 24 nitrogen and oxygen atoms in total. The molecule has 0 radical (unpaired) electrons. The van der Waals surface area contributed by atoms with Crippen LogP contribution in [0.25, 0.3) is 44.1 Å². The van der Waals surface area contributed by atoms with Gasteiger partial charge >= 0.3 is 0 Å². The number of hydroxylamine groups is 4. The summed E-state index contributed by atoms with van der Waals surface area (Å²) in [6.07, 6.45) is 23.2. The highest BCUT2D eigenvalue weighted by Crippen LogP contribution is 2.40. The van der Waals surface area contributed by atoms with Crippen molar-refractivity contribution >= 4 is 177 Å². The number of imidazole rings is 4. The molecule has 0 spiro atoms. The van der Waals surface area contributed by atoms with Gasteiger partial charge in [-0.2, -0.15) is 0 Å². The molecule has 4 saturated carbocycles. The standard InChI is InChI=1S/C24H26BrFN4O2.C23H26BrFN4O2.C23H24BrFN4O2.C20H20BrFN4O2/c1-3-4-5-10-30-14-27-23-20(30)12-18(24(31)29-32-13-16-6-7-16)22(21(23)26)28-19-9-8-17(25)11-15(19)2;2*1-3-4-9-29-13-26-22-19(29)11-17(23(30)28-31-12-15-5-6-15)21(20(22)25)27-18-8-7-16(24)10-14(18)2;1-11-7-13(21)5-6-15(11)24-18-14(20(27)25-28-9-12-3-4-12)8-16-19(17(18)22)23-10-26(16)2/h3,8-9,11-12,14,16,28H,1,4-7,10,13H2,2H3,(H,29,31);7-8,10-11,13,15,27H,3-6,9,12H2,1-2H3,(H,28,30);3,7-8,10-11,13,15,27H,1,4-6,9,12H2,2H3,(H,28,30);5-8,10,12,24H,3-4,9H2,1-2H3,(H,25,27). The molecule has 4 aromatic heterocycles. The summed E-state index contributed by atoms with van der Waals surface area (Å²) >= 11 is 13.7. The number of carbonyl (C=O) groups is 4. The number of hydrogen-bond acceptors (Lipinski definition) is 16. The second-order valence-electron chi connectivity index (χ2n) is 31.0. The molecular formula is C90H96Br4F4N16O8. The lowest BCUT2D eigenvalue weighted by molar-refractivity contribution is 0.0269. The van der Waals surface area contributed by atoms with E-state index >= 15 is 17.6 Å². The summed E-state index contributed by atoms with van der Waals surface area (Å²) in [7, 11) is 1.76. The van der Waals surface area contributed by atoms with Gasteiger partial charge in [0.2, 0.25) is 0 Å². The van der Waals surface area contributed by atoms with E-state index in [0.29, 0.717) is 121 Å². The summed E-state index contributed by atoms with van der Waals surface area (Å²) in [6.45, 7) is 21.0. The molecule has 4 heterocycles. The number of aryl methyl sites for hydroxylation is 8. The van der Waals surface area contributed by atoms with Crippen molar-refractivity contribution in [3.05, 3.63) is 233 Å². The van der Waals surface area contributed by atoms with E-state index in [1.807, 2.05) is 120 Å². The molecule has 4 aliphatic rings. The Balaban J connectivity index is 0.000000140. The third-order valence-corrected chi connectivity index (χ3v) is 23.1. The molecule has 8 aromatic carbocycles. The van der Waals surface area contributed by atoms with Gasteiger partial charge in [0.15, 0.2) is 23.3 Å². The van der Waals surface area contributed by atoms with Crippen molar-refractivity contribution in [1.82, 2.24) is 60.1 Å². The van der Waals surface area contributed by atoms with Crippen LogP contribution in [0.5, 0.6) is 0 Å². The number of nitrogens with one attached hydrogen (secondary N) is 8. The highest BCUT2D eigenvalue weighted by molar-refractivity contribution is 9.11. The van der Waals surface area contributed by atoms with E-state index in [2.05, 4.69) is 147 Å². The average molecular weight is 1930 g/mol. The lowest BCUT2D eigenvalue weighted by Gasteiger charge is -2.16. The second kappa shape index (κ2) is 41.2. The zero-order chi connectivity index (χ0) is 86.4. The van der Waals surface area contributed by atoms with E-state index in [1.165, 1.54) is 6.33 Å². The molecular weight excluding hydrogens is 1830 g/mol. The van der Waals surface area contributed by atoms with Gasteiger partial charge in [-0.15, -0.1) is 13.2 Å². The Morgan fingerprint density at radius 1 is 0.402 bits per heavy atom. The molecule has 0 bridgehead atoms. The minimum Gasteiger partial charge on any atom is -0.352 e. The van der Waals surface area contributed by atoms with E-state index in [0.717, 1.165) is 117 Å². The maximum absolute atomic E-state index is 15.7. The van der Waals surface area contributed by atoms with Gasteiger partial charge in [0.1, 0.15) is 22.1 Å². The molecule has 4 fully saturated rings. The Morgan fingerprint density at radius 2 is 0.672 bits per heavy atom. The van der Waals surface area contributed by atoms with E-state index < -0.39 is 46.9 Å². The molecule has 4 amide bonds. The van der Waals surface area contributed by atoms with Crippen molar-refractivity contribution in [3.8, 4) is 0 Å². The van der Waals surface area contributed by atoms with Crippen LogP contribution in [0.1, 0.15) is 154 Å². The molecule has 8 N–H and O–H groups in total. The van der Waals surface area contributed by atoms with Crippen molar-refractivity contribution in [2.75, 3.05) is 47.7 Å². The maximum atomic E-state index is 15.7. The van der Waals surface area contributed by atoms with Gasteiger partial charge in [-0.05, 0) is 248 Å². The van der Waals surface area contributed by atoms with Crippen LogP contribution in [-0.2, 0) is 46.0 Å². The summed E-state index contributed by atoms with van der Waals surface area (Å²) in [4.78, 5) is 90.0. The fourth-order valence-corrected chi connectivity index (χ4v) is 15.2. The van der Waals surface area contributed by atoms with E-state index in [-0.39, 0.29) is 67.1 Å². The van der Waals surface area contributed by atoms with Gasteiger partial charge in [-0.3, -0.25) is 38.5 Å². The van der Waals surface area contributed by atoms with Crippen molar-refractivity contribution < 1.29 is 56.1 Å². The first-order valence-corrected chi connectivity index (χ1v) is 43.7.